The van der Waals surface area contributed by atoms with Crippen molar-refractivity contribution in [2.24, 2.45) is 0 Å². The first-order valence-electron chi connectivity index (χ1n) is 6.82. The molecule has 114 valence electrons. The Balaban J connectivity index is 1.69. The Morgan fingerprint density at radius 3 is 2.67 bits per heavy atom. The van der Waals surface area contributed by atoms with Crippen molar-refractivity contribution >= 4 is 15.7 Å². The van der Waals surface area contributed by atoms with Crippen LogP contribution in [0.25, 0.3) is 0 Å². The number of hydrogen-bond acceptors (Lipinski definition) is 5. The Morgan fingerprint density at radius 1 is 1.29 bits per heavy atom. The molecule has 2 atom stereocenters. The Labute approximate surface area is 123 Å². The molecule has 0 N–H and O–H groups in total. The molecule has 3 rings (SSSR count). The Kier molecular flexibility index (Phi) is 3.52. The van der Waals surface area contributed by atoms with Gasteiger partial charge in [-0.05, 0) is 18.6 Å². The van der Waals surface area contributed by atoms with Gasteiger partial charge in [0.1, 0.15) is 6.61 Å². The van der Waals surface area contributed by atoms with Gasteiger partial charge in [-0.2, -0.15) is 0 Å². The van der Waals surface area contributed by atoms with Crippen LogP contribution in [-0.4, -0.2) is 56.5 Å². The number of sulfone groups is 1. The molecule has 0 aromatic heterocycles. The summed E-state index contributed by atoms with van der Waals surface area (Å²) in [5.74, 6) is 1.08. The summed E-state index contributed by atoms with van der Waals surface area (Å²) in [7, 11) is -1.40. The van der Waals surface area contributed by atoms with E-state index in [4.69, 9.17) is 9.47 Å². The molecule has 21 heavy (non-hydrogen) atoms. The number of likely N-dealkylation sites (N-methyl/N-ethyl adjacent to an activating group) is 1. The fraction of sp³-hybridized carbons (Fsp3) is 0.500. The minimum Gasteiger partial charge on any atom is -0.485 e. The first-order chi connectivity index (χ1) is 9.96. The van der Waals surface area contributed by atoms with E-state index < -0.39 is 15.9 Å². The maximum Gasteiger partial charge on any atom is 0.267 e. The summed E-state index contributed by atoms with van der Waals surface area (Å²) in [6, 6.07) is 6.89. The normalized spacial score (nSPS) is 26.3. The molecule has 7 heteroatoms. The van der Waals surface area contributed by atoms with Crippen molar-refractivity contribution in [1.82, 2.24) is 4.90 Å². The molecule has 2 aliphatic heterocycles. The second-order valence-electron chi connectivity index (χ2n) is 5.37. The van der Waals surface area contributed by atoms with Crippen molar-refractivity contribution in [3.8, 4) is 11.5 Å². The van der Waals surface area contributed by atoms with Crippen LogP contribution in [0.5, 0.6) is 11.5 Å². The van der Waals surface area contributed by atoms with E-state index in [1.807, 2.05) is 12.1 Å². The SMILES string of the molecule is CN(C(=O)C1COc2ccccc2O1)C1CCS(=O)(=O)C1. The number of amides is 1. The standard InChI is InChI=1S/C14H17NO5S/c1-15(10-6-7-21(17,18)9-10)14(16)13-8-19-11-4-2-3-5-12(11)20-13/h2-5,10,13H,6-9H2,1H3. The summed E-state index contributed by atoms with van der Waals surface area (Å²) in [6.07, 6.45) is -0.248. The van der Waals surface area contributed by atoms with Crippen molar-refractivity contribution < 1.29 is 22.7 Å². The lowest BCUT2D eigenvalue weighted by Gasteiger charge is -2.31. The van der Waals surface area contributed by atoms with E-state index in [1.165, 1.54) is 4.90 Å². The third kappa shape index (κ3) is 2.83. The lowest BCUT2D eigenvalue weighted by Crippen LogP contribution is -2.48. The highest BCUT2D eigenvalue weighted by molar-refractivity contribution is 7.91. The van der Waals surface area contributed by atoms with E-state index in [0.29, 0.717) is 17.9 Å². The molecule has 2 aliphatic rings. The highest BCUT2D eigenvalue weighted by Gasteiger charge is 2.37. The van der Waals surface area contributed by atoms with E-state index in [1.54, 1.807) is 19.2 Å². The van der Waals surface area contributed by atoms with Gasteiger partial charge in [0.15, 0.2) is 21.3 Å². The molecule has 2 heterocycles. The van der Waals surface area contributed by atoms with Gasteiger partial charge in [-0.3, -0.25) is 4.79 Å². The van der Waals surface area contributed by atoms with Crippen molar-refractivity contribution in [3.05, 3.63) is 24.3 Å². The summed E-state index contributed by atoms with van der Waals surface area (Å²) in [5, 5.41) is 0. The number of carbonyl (C=O) groups is 1. The van der Waals surface area contributed by atoms with Crippen LogP contribution in [0.4, 0.5) is 0 Å². The third-order valence-corrected chi connectivity index (χ3v) is 5.64. The fourth-order valence-electron chi connectivity index (χ4n) is 2.63. The molecule has 6 nitrogen and oxygen atoms in total. The zero-order chi connectivity index (χ0) is 15.0. The average Bonchev–Trinajstić information content (AvgIpc) is 2.85. The molecular weight excluding hydrogens is 294 g/mol. The van der Waals surface area contributed by atoms with Crippen molar-refractivity contribution in [2.75, 3.05) is 25.2 Å². The van der Waals surface area contributed by atoms with Gasteiger partial charge in [0.05, 0.1) is 11.5 Å². The van der Waals surface area contributed by atoms with Gasteiger partial charge in [0, 0.05) is 13.1 Å². The topological polar surface area (TPSA) is 72.9 Å². The highest BCUT2D eigenvalue weighted by atomic mass is 32.2. The second-order valence-corrected chi connectivity index (χ2v) is 7.60. The lowest BCUT2D eigenvalue weighted by molar-refractivity contribution is -0.141. The minimum atomic E-state index is -3.02. The monoisotopic (exact) mass is 311 g/mol. The van der Waals surface area contributed by atoms with Crippen LogP contribution in [0.1, 0.15) is 6.42 Å². The van der Waals surface area contributed by atoms with Crippen LogP contribution in [0.3, 0.4) is 0 Å². The van der Waals surface area contributed by atoms with E-state index in [9.17, 15) is 13.2 Å². The number of benzene rings is 1. The van der Waals surface area contributed by atoms with Crippen LogP contribution in [0.15, 0.2) is 24.3 Å². The lowest BCUT2D eigenvalue weighted by atomic mass is 10.2. The Morgan fingerprint density at radius 2 is 2.00 bits per heavy atom. The smallest absolute Gasteiger partial charge is 0.267 e. The van der Waals surface area contributed by atoms with Crippen LogP contribution >= 0.6 is 0 Å². The first-order valence-corrected chi connectivity index (χ1v) is 8.64. The number of rotatable bonds is 2. The van der Waals surface area contributed by atoms with Gasteiger partial charge in [-0.1, -0.05) is 12.1 Å². The van der Waals surface area contributed by atoms with Crippen LogP contribution in [-0.2, 0) is 14.6 Å². The van der Waals surface area contributed by atoms with Gasteiger partial charge >= 0.3 is 0 Å². The van der Waals surface area contributed by atoms with E-state index in [2.05, 4.69) is 0 Å². The number of para-hydroxylation sites is 2. The van der Waals surface area contributed by atoms with Crippen LogP contribution in [0, 0.1) is 0 Å². The molecule has 1 aromatic carbocycles. The summed E-state index contributed by atoms with van der Waals surface area (Å²) in [4.78, 5) is 13.9. The zero-order valence-corrected chi connectivity index (χ0v) is 12.5. The third-order valence-electron chi connectivity index (χ3n) is 3.89. The number of hydrogen-bond donors (Lipinski definition) is 0. The quantitative estimate of drug-likeness (QED) is 0.794. The molecule has 2 unspecified atom stereocenters. The molecule has 1 fully saturated rings. The summed E-state index contributed by atoms with van der Waals surface area (Å²) < 4.78 is 34.2. The van der Waals surface area contributed by atoms with E-state index >= 15 is 0 Å². The number of ether oxygens (including phenoxy) is 2. The summed E-state index contributed by atoms with van der Waals surface area (Å²) >= 11 is 0. The summed E-state index contributed by atoms with van der Waals surface area (Å²) in [5.41, 5.74) is 0. The average molecular weight is 311 g/mol. The van der Waals surface area contributed by atoms with Gasteiger partial charge < -0.3 is 14.4 Å². The van der Waals surface area contributed by atoms with Crippen LogP contribution in [0.2, 0.25) is 0 Å². The molecule has 1 saturated heterocycles. The van der Waals surface area contributed by atoms with E-state index in [0.717, 1.165) is 0 Å². The minimum absolute atomic E-state index is 0.0272. The Hall–Kier alpha value is -1.76. The molecule has 0 spiro atoms. The maximum absolute atomic E-state index is 12.4. The molecule has 0 bridgehead atoms. The predicted molar refractivity (Wildman–Crippen MR) is 76.2 cm³/mol. The van der Waals surface area contributed by atoms with Crippen molar-refractivity contribution in [3.63, 3.8) is 0 Å². The van der Waals surface area contributed by atoms with Crippen molar-refractivity contribution in [1.29, 1.82) is 0 Å². The Bertz CT molecular complexity index is 657. The second kappa shape index (κ2) is 5.22. The molecule has 1 aromatic rings. The largest absolute Gasteiger partial charge is 0.485 e. The highest BCUT2D eigenvalue weighted by Crippen LogP contribution is 2.31. The van der Waals surface area contributed by atoms with Gasteiger partial charge in [-0.25, -0.2) is 8.42 Å². The molecule has 0 aliphatic carbocycles. The molecule has 0 radical (unpaired) electrons. The van der Waals surface area contributed by atoms with Crippen molar-refractivity contribution in [2.45, 2.75) is 18.6 Å². The number of nitrogens with zero attached hydrogens (tertiary/aromatic N) is 1. The van der Waals surface area contributed by atoms with Gasteiger partial charge in [-0.15, -0.1) is 0 Å². The zero-order valence-electron chi connectivity index (χ0n) is 11.7. The molecule has 0 saturated carbocycles. The molecule has 1 amide bonds. The first kappa shape index (κ1) is 14.2. The number of carbonyl (C=O) groups excluding carboxylic acids is 1. The molecular formula is C14H17NO5S. The maximum atomic E-state index is 12.4. The number of fused-ring (bicyclic) bond motifs is 1. The predicted octanol–water partition coefficient (Wildman–Crippen LogP) is 0.472. The summed E-state index contributed by atoms with van der Waals surface area (Å²) in [6.45, 7) is 0.139. The van der Waals surface area contributed by atoms with Crippen LogP contribution < -0.4 is 9.47 Å². The fourth-order valence-corrected chi connectivity index (χ4v) is 4.40. The van der Waals surface area contributed by atoms with Gasteiger partial charge in [0.2, 0.25) is 6.10 Å². The van der Waals surface area contributed by atoms with Gasteiger partial charge in [0.25, 0.3) is 5.91 Å². The van der Waals surface area contributed by atoms with E-state index in [-0.39, 0.29) is 30.1 Å².